The molecule has 5 heteroatoms. The third-order valence-corrected chi connectivity index (χ3v) is 4.37. The summed E-state index contributed by atoms with van der Waals surface area (Å²) in [6.07, 6.45) is 5.33. The van der Waals surface area contributed by atoms with Crippen LogP contribution in [0.1, 0.15) is 47.2 Å². The van der Waals surface area contributed by atoms with Crippen molar-refractivity contribution in [3.8, 4) is 5.75 Å². The second kappa shape index (κ2) is 8.25. The fourth-order valence-corrected chi connectivity index (χ4v) is 3.00. The number of benzene rings is 2. The zero-order chi connectivity index (χ0) is 19.3. The summed E-state index contributed by atoms with van der Waals surface area (Å²) in [5.41, 5.74) is 3.76. The Balaban J connectivity index is 1.63. The lowest BCUT2D eigenvalue weighted by atomic mass is 9.93. The van der Waals surface area contributed by atoms with Gasteiger partial charge in [0.1, 0.15) is 5.75 Å². The van der Waals surface area contributed by atoms with Crippen LogP contribution in [0.3, 0.4) is 0 Å². The molecule has 3 rings (SSSR count). The minimum absolute atomic E-state index is 0.285. The lowest BCUT2D eigenvalue weighted by Gasteiger charge is -2.12. The van der Waals surface area contributed by atoms with Gasteiger partial charge in [0.15, 0.2) is 5.78 Å². The van der Waals surface area contributed by atoms with E-state index in [1.54, 1.807) is 6.08 Å². The molecule has 0 aliphatic heterocycles. The van der Waals surface area contributed by atoms with Crippen LogP contribution < -0.4 is 4.74 Å². The van der Waals surface area contributed by atoms with Gasteiger partial charge in [0.05, 0.1) is 0 Å². The maximum absolute atomic E-state index is 12.2. The number of hydrogen-bond donors (Lipinski definition) is 0. The van der Waals surface area contributed by atoms with Crippen molar-refractivity contribution in [2.24, 2.45) is 0 Å². The zero-order valence-corrected chi connectivity index (χ0v) is 14.6. The summed E-state index contributed by atoms with van der Waals surface area (Å²) in [5, 5.41) is 0. The van der Waals surface area contributed by atoms with Gasteiger partial charge in [0, 0.05) is 5.56 Å². The summed E-state index contributed by atoms with van der Waals surface area (Å²) in [7, 11) is 0. The lowest BCUT2D eigenvalue weighted by molar-refractivity contribution is -0.274. The van der Waals surface area contributed by atoms with Crippen LogP contribution in [-0.2, 0) is 0 Å². The maximum Gasteiger partial charge on any atom is 0.573 e. The van der Waals surface area contributed by atoms with Crippen molar-refractivity contribution in [2.45, 2.75) is 32.0 Å². The molecular weight excluding hydrogens is 353 g/mol. The number of carbonyl (C=O) groups is 1. The molecule has 27 heavy (non-hydrogen) atoms. The Morgan fingerprint density at radius 3 is 2.26 bits per heavy atom. The van der Waals surface area contributed by atoms with Gasteiger partial charge >= 0.3 is 6.36 Å². The highest BCUT2D eigenvalue weighted by Gasteiger charge is 2.31. The van der Waals surface area contributed by atoms with Crippen LogP contribution in [0.25, 0.3) is 11.6 Å². The minimum Gasteiger partial charge on any atom is -0.406 e. The lowest BCUT2D eigenvalue weighted by Crippen LogP contribution is -2.17. The highest BCUT2D eigenvalue weighted by molar-refractivity contribution is 6.06. The summed E-state index contributed by atoms with van der Waals surface area (Å²) in [6, 6.07) is 12.9. The summed E-state index contributed by atoms with van der Waals surface area (Å²) in [5.74, 6) is -0.636. The average Bonchev–Trinajstić information content (AvgIpc) is 2.66. The monoisotopic (exact) mass is 372 g/mol. The number of alkyl halides is 3. The van der Waals surface area contributed by atoms with Gasteiger partial charge in [0.25, 0.3) is 0 Å². The standard InChI is InChI=1S/C22H19F3O2/c23-22(24,25)27-20-13-11-19(12-14-20)21(26)15-8-16-6-9-18(10-7-16)17-4-2-1-3-5-17/h4,6-15H,1-3,5H2. The Morgan fingerprint density at radius 2 is 1.67 bits per heavy atom. The molecule has 0 N–H and O–H groups in total. The molecule has 0 spiro atoms. The molecule has 2 aromatic carbocycles. The number of halogens is 3. The molecular formula is C22H19F3O2. The summed E-state index contributed by atoms with van der Waals surface area (Å²) < 4.78 is 40.2. The second-order valence-corrected chi connectivity index (χ2v) is 6.37. The summed E-state index contributed by atoms with van der Waals surface area (Å²) in [6.45, 7) is 0. The zero-order valence-electron chi connectivity index (χ0n) is 14.6. The normalized spacial score (nSPS) is 14.9. The van der Waals surface area contributed by atoms with Crippen LogP contribution >= 0.6 is 0 Å². The molecule has 0 heterocycles. The predicted octanol–water partition coefficient (Wildman–Crippen LogP) is 6.44. The summed E-state index contributed by atoms with van der Waals surface area (Å²) in [4.78, 5) is 12.2. The SMILES string of the molecule is O=C(C=Cc1ccc(C2=CCCCC2)cc1)c1ccc(OC(F)(F)F)cc1. The van der Waals surface area contributed by atoms with Gasteiger partial charge in [-0.1, -0.05) is 36.4 Å². The van der Waals surface area contributed by atoms with E-state index in [2.05, 4.69) is 10.8 Å². The van der Waals surface area contributed by atoms with E-state index in [0.29, 0.717) is 5.56 Å². The smallest absolute Gasteiger partial charge is 0.406 e. The molecule has 0 radical (unpaired) electrons. The molecule has 0 bridgehead atoms. The van der Waals surface area contributed by atoms with Gasteiger partial charge in [-0.2, -0.15) is 0 Å². The number of hydrogen-bond acceptors (Lipinski definition) is 2. The van der Waals surface area contributed by atoms with Crippen molar-refractivity contribution < 1.29 is 22.7 Å². The third-order valence-electron chi connectivity index (χ3n) is 4.37. The first-order valence-corrected chi connectivity index (χ1v) is 8.78. The van der Waals surface area contributed by atoms with Crippen LogP contribution in [0.2, 0.25) is 0 Å². The predicted molar refractivity (Wildman–Crippen MR) is 99.4 cm³/mol. The molecule has 1 aliphatic carbocycles. The van der Waals surface area contributed by atoms with E-state index in [1.807, 2.05) is 24.3 Å². The van der Waals surface area contributed by atoms with Crippen molar-refractivity contribution in [1.82, 2.24) is 0 Å². The highest BCUT2D eigenvalue weighted by atomic mass is 19.4. The number of rotatable bonds is 5. The topological polar surface area (TPSA) is 26.3 Å². The Morgan fingerprint density at radius 1 is 0.963 bits per heavy atom. The third kappa shape index (κ3) is 5.58. The van der Waals surface area contributed by atoms with E-state index in [0.717, 1.165) is 30.5 Å². The maximum atomic E-state index is 12.2. The largest absolute Gasteiger partial charge is 0.573 e. The second-order valence-electron chi connectivity index (χ2n) is 6.37. The number of carbonyl (C=O) groups excluding carboxylic acids is 1. The molecule has 0 amide bonds. The van der Waals surface area contributed by atoms with Gasteiger partial charge in [-0.3, -0.25) is 4.79 Å². The molecule has 0 saturated heterocycles. The van der Waals surface area contributed by atoms with E-state index < -0.39 is 6.36 Å². The van der Waals surface area contributed by atoms with Crippen LogP contribution in [0, 0.1) is 0 Å². The molecule has 1 aliphatic rings. The first kappa shape index (κ1) is 19.0. The van der Waals surface area contributed by atoms with Crippen LogP contribution in [0.15, 0.2) is 60.7 Å². The minimum atomic E-state index is -4.74. The molecule has 140 valence electrons. The Bertz CT molecular complexity index is 845. The quantitative estimate of drug-likeness (QED) is 0.446. The van der Waals surface area contributed by atoms with Crippen LogP contribution in [0.4, 0.5) is 13.2 Å². The van der Waals surface area contributed by atoms with Gasteiger partial charge in [-0.25, -0.2) is 0 Å². The highest BCUT2D eigenvalue weighted by Crippen LogP contribution is 2.27. The fraction of sp³-hybridized carbons (Fsp3) is 0.227. The molecule has 0 unspecified atom stereocenters. The van der Waals surface area contributed by atoms with Gasteiger partial charge in [-0.15, -0.1) is 13.2 Å². The summed E-state index contributed by atoms with van der Waals surface area (Å²) >= 11 is 0. The molecule has 0 saturated carbocycles. The number of ketones is 1. The Labute approximate surface area is 156 Å². The van der Waals surface area contributed by atoms with Gasteiger partial charge in [0.2, 0.25) is 0 Å². The first-order valence-electron chi connectivity index (χ1n) is 8.78. The number of ether oxygens (including phenoxy) is 1. The molecule has 0 atom stereocenters. The molecule has 0 aromatic heterocycles. The van der Waals surface area contributed by atoms with Crippen molar-refractivity contribution in [3.05, 3.63) is 77.4 Å². The average molecular weight is 372 g/mol. The van der Waals surface area contributed by atoms with E-state index in [-0.39, 0.29) is 11.5 Å². The first-order chi connectivity index (χ1) is 12.9. The van der Waals surface area contributed by atoms with E-state index in [9.17, 15) is 18.0 Å². The van der Waals surface area contributed by atoms with Crippen molar-refractivity contribution >= 4 is 17.4 Å². The molecule has 2 aromatic rings. The van der Waals surface area contributed by atoms with Crippen LogP contribution in [0.5, 0.6) is 5.75 Å². The van der Waals surface area contributed by atoms with Crippen LogP contribution in [-0.4, -0.2) is 12.1 Å². The molecule has 0 fully saturated rings. The Kier molecular flexibility index (Phi) is 5.79. The van der Waals surface area contributed by atoms with Crippen molar-refractivity contribution in [2.75, 3.05) is 0 Å². The van der Waals surface area contributed by atoms with Gasteiger partial charge < -0.3 is 4.74 Å². The van der Waals surface area contributed by atoms with Crippen molar-refractivity contribution in [3.63, 3.8) is 0 Å². The van der Waals surface area contributed by atoms with E-state index >= 15 is 0 Å². The molecule has 2 nitrogen and oxygen atoms in total. The van der Waals surface area contributed by atoms with Crippen molar-refractivity contribution in [1.29, 1.82) is 0 Å². The van der Waals surface area contributed by atoms with E-state index in [4.69, 9.17) is 0 Å². The van der Waals surface area contributed by atoms with Gasteiger partial charge in [-0.05, 0) is 72.7 Å². The Hall–Kier alpha value is -2.82. The van der Waals surface area contributed by atoms with E-state index in [1.165, 1.54) is 42.2 Å². The fourth-order valence-electron chi connectivity index (χ4n) is 3.00. The number of allylic oxidation sites excluding steroid dienone is 3.